The summed E-state index contributed by atoms with van der Waals surface area (Å²) < 4.78 is 16.9. The first kappa shape index (κ1) is 22.4. The lowest BCUT2D eigenvalue weighted by Gasteiger charge is -2.16. The minimum atomic E-state index is 0.316. The van der Waals surface area contributed by atoms with E-state index in [9.17, 15) is 0 Å². The van der Waals surface area contributed by atoms with Gasteiger partial charge in [-0.2, -0.15) is 0 Å². The molecular formula is C23H22Cl3NO3. The van der Waals surface area contributed by atoms with Crippen molar-refractivity contribution in [2.75, 3.05) is 19.0 Å². The van der Waals surface area contributed by atoms with Crippen LogP contribution in [-0.2, 0) is 13.2 Å². The number of anilines is 1. The molecule has 0 aliphatic heterocycles. The van der Waals surface area contributed by atoms with E-state index >= 15 is 0 Å². The second-order valence-corrected chi connectivity index (χ2v) is 7.66. The van der Waals surface area contributed by atoms with Crippen molar-refractivity contribution in [1.29, 1.82) is 0 Å². The summed E-state index contributed by atoms with van der Waals surface area (Å²) in [5.41, 5.74) is 2.76. The van der Waals surface area contributed by atoms with E-state index in [-0.39, 0.29) is 0 Å². The van der Waals surface area contributed by atoms with Gasteiger partial charge in [-0.05, 0) is 60.5 Å². The molecule has 0 aromatic heterocycles. The highest BCUT2D eigenvalue weighted by Crippen LogP contribution is 2.35. The van der Waals surface area contributed by atoms with Crippen molar-refractivity contribution in [3.8, 4) is 17.2 Å². The van der Waals surface area contributed by atoms with E-state index in [1.807, 2.05) is 43.3 Å². The molecule has 0 heterocycles. The van der Waals surface area contributed by atoms with Crippen LogP contribution in [0.2, 0.25) is 15.1 Å². The third-order valence-electron chi connectivity index (χ3n) is 4.36. The minimum Gasteiger partial charge on any atom is -0.497 e. The van der Waals surface area contributed by atoms with Gasteiger partial charge in [-0.15, -0.1) is 0 Å². The smallest absolute Gasteiger partial charge is 0.163 e. The Hall–Kier alpha value is -2.27. The van der Waals surface area contributed by atoms with Gasteiger partial charge in [0.1, 0.15) is 12.4 Å². The first-order chi connectivity index (χ1) is 14.5. The molecule has 0 unspecified atom stereocenters. The van der Waals surface area contributed by atoms with Crippen LogP contribution in [0.1, 0.15) is 18.1 Å². The number of halogens is 3. The topological polar surface area (TPSA) is 39.7 Å². The lowest BCUT2D eigenvalue weighted by molar-refractivity contribution is 0.269. The maximum absolute atomic E-state index is 6.51. The summed E-state index contributed by atoms with van der Waals surface area (Å²) in [6, 6.07) is 16.7. The second kappa shape index (κ2) is 10.7. The van der Waals surface area contributed by atoms with Crippen LogP contribution in [0.25, 0.3) is 0 Å². The Morgan fingerprint density at radius 1 is 0.800 bits per heavy atom. The normalized spacial score (nSPS) is 10.6. The summed E-state index contributed by atoms with van der Waals surface area (Å²) in [6.07, 6.45) is 0. The van der Waals surface area contributed by atoms with Crippen molar-refractivity contribution in [2.45, 2.75) is 20.1 Å². The van der Waals surface area contributed by atoms with Crippen molar-refractivity contribution in [3.63, 3.8) is 0 Å². The molecule has 30 heavy (non-hydrogen) atoms. The van der Waals surface area contributed by atoms with Gasteiger partial charge in [0.15, 0.2) is 11.5 Å². The zero-order valence-corrected chi connectivity index (χ0v) is 18.9. The maximum Gasteiger partial charge on any atom is 0.163 e. The average Bonchev–Trinajstić information content (AvgIpc) is 2.75. The Kier molecular flexibility index (Phi) is 7.97. The molecule has 158 valence electrons. The predicted molar refractivity (Wildman–Crippen MR) is 124 cm³/mol. The summed E-state index contributed by atoms with van der Waals surface area (Å²) in [7, 11) is 1.64. The number of hydrogen-bond donors (Lipinski definition) is 1. The summed E-state index contributed by atoms with van der Waals surface area (Å²) in [6.45, 7) is 3.29. The molecule has 3 aromatic carbocycles. The standard InChI is InChI=1S/C23H22Cl3NO3/c1-3-29-22-11-16(13-27-17-5-7-18(28-2)8-6-17)20(25)12-23(22)30-14-15-4-9-19(24)21(26)10-15/h4-12,27H,3,13-14H2,1-2H3. The Balaban J connectivity index is 1.72. The van der Waals surface area contributed by atoms with Crippen molar-refractivity contribution >= 4 is 40.5 Å². The molecular weight excluding hydrogens is 445 g/mol. The van der Waals surface area contributed by atoms with Gasteiger partial charge in [0, 0.05) is 23.3 Å². The monoisotopic (exact) mass is 465 g/mol. The first-order valence-corrected chi connectivity index (χ1v) is 10.5. The minimum absolute atomic E-state index is 0.316. The zero-order chi connectivity index (χ0) is 21.5. The molecule has 0 bridgehead atoms. The molecule has 3 aromatic rings. The number of ether oxygens (including phenoxy) is 3. The van der Waals surface area contributed by atoms with Gasteiger partial charge >= 0.3 is 0 Å². The van der Waals surface area contributed by atoms with Crippen LogP contribution in [0.5, 0.6) is 17.2 Å². The highest BCUT2D eigenvalue weighted by Gasteiger charge is 2.12. The van der Waals surface area contributed by atoms with Crippen LogP contribution in [0.15, 0.2) is 54.6 Å². The van der Waals surface area contributed by atoms with Gasteiger partial charge in [-0.25, -0.2) is 0 Å². The molecule has 0 spiro atoms. The highest BCUT2D eigenvalue weighted by molar-refractivity contribution is 6.42. The number of nitrogens with one attached hydrogen (secondary N) is 1. The molecule has 3 rings (SSSR count). The number of hydrogen-bond acceptors (Lipinski definition) is 4. The maximum atomic E-state index is 6.51. The molecule has 7 heteroatoms. The van der Waals surface area contributed by atoms with Crippen LogP contribution in [0.4, 0.5) is 5.69 Å². The molecule has 0 saturated carbocycles. The van der Waals surface area contributed by atoms with Crippen molar-refractivity contribution < 1.29 is 14.2 Å². The van der Waals surface area contributed by atoms with E-state index in [0.29, 0.717) is 46.3 Å². The van der Waals surface area contributed by atoms with Gasteiger partial charge in [-0.1, -0.05) is 40.9 Å². The summed E-state index contributed by atoms with van der Waals surface area (Å²) in [5, 5.41) is 4.93. The quantitative estimate of drug-likeness (QED) is 0.360. The Morgan fingerprint density at radius 3 is 2.20 bits per heavy atom. The van der Waals surface area contributed by atoms with Gasteiger partial charge in [0.25, 0.3) is 0 Å². The van der Waals surface area contributed by atoms with Crippen LogP contribution in [0, 0.1) is 0 Å². The third kappa shape index (κ3) is 5.88. The largest absolute Gasteiger partial charge is 0.497 e. The van der Waals surface area contributed by atoms with Crippen LogP contribution < -0.4 is 19.5 Å². The fourth-order valence-electron chi connectivity index (χ4n) is 2.79. The number of rotatable bonds is 9. The summed E-state index contributed by atoms with van der Waals surface area (Å²) >= 11 is 18.6. The van der Waals surface area contributed by atoms with Gasteiger partial charge in [-0.3, -0.25) is 0 Å². The van der Waals surface area contributed by atoms with E-state index in [2.05, 4.69) is 5.32 Å². The van der Waals surface area contributed by atoms with E-state index in [4.69, 9.17) is 49.0 Å². The van der Waals surface area contributed by atoms with Crippen LogP contribution >= 0.6 is 34.8 Å². The lowest BCUT2D eigenvalue weighted by Crippen LogP contribution is -2.04. The number of benzene rings is 3. The van der Waals surface area contributed by atoms with Gasteiger partial charge in [0.05, 0.1) is 23.8 Å². The van der Waals surface area contributed by atoms with Crippen LogP contribution in [0.3, 0.4) is 0 Å². The van der Waals surface area contributed by atoms with E-state index < -0.39 is 0 Å². The summed E-state index contributed by atoms with van der Waals surface area (Å²) in [5.74, 6) is 2.01. The van der Waals surface area contributed by atoms with Crippen molar-refractivity contribution in [2.24, 2.45) is 0 Å². The van der Waals surface area contributed by atoms with Gasteiger partial charge in [0.2, 0.25) is 0 Å². The molecule has 0 aliphatic rings. The Labute approximate surface area is 191 Å². The Bertz CT molecular complexity index is 994. The van der Waals surface area contributed by atoms with E-state index in [1.165, 1.54) is 0 Å². The SMILES string of the molecule is CCOc1cc(CNc2ccc(OC)cc2)c(Cl)cc1OCc1ccc(Cl)c(Cl)c1. The van der Waals surface area contributed by atoms with E-state index in [0.717, 1.165) is 22.6 Å². The highest BCUT2D eigenvalue weighted by atomic mass is 35.5. The molecule has 4 nitrogen and oxygen atoms in total. The molecule has 0 aliphatic carbocycles. The second-order valence-electron chi connectivity index (χ2n) is 6.44. The summed E-state index contributed by atoms with van der Waals surface area (Å²) in [4.78, 5) is 0. The molecule has 0 saturated heterocycles. The van der Waals surface area contributed by atoms with Crippen LogP contribution in [-0.4, -0.2) is 13.7 Å². The molecule has 0 amide bonds. The average molecular weight is 467 g/mol. The first-order valence-electron chi connectivity index (χ1n) is 9.40. The van der Waals surface area contributed by atoms with Crippen molar-refractivity contribution in [1.82, 2.24) is 0 Å². The number of methoxy groups -OCH3 is 1. The van der Waals surface area contributed by atoms with Gasteiger partial charge < -0.3 is 19.5 Å². The zero-order valence-electron chi connectivity index (χ0n) is 16.7. The molecule has 0 atom stereocenters. The fraction of sp³-hybridized carbons (Fsp3) is 0.217. The lowest BCUT2D eigenvalue weighted by atomic mass is 10.2. The Morgan fingerprint density at radius 2 is 1.53 bits per heavy atom. The fourth-order valence-corrected chi connectivity index (χ4v) is 3.33. The molecule has 0 fully saturated rings. The predicted octanol–water partition coefficient (Wildman–Crippen LogP) is 7.25. The molecule has 1 N–H and O–H groups in total. The van der Waals surface area contributed by atoms with E-state index in [1.54, 1.807) is 25.3 Å². The van der Waals surface area contributed by atoms with Crippen molar-refractivity contribution in [3.05, 3.63) is 80.8 Å². The molecule has 0 radical (unpaired) electrons. The third-order valence-corrected chi connectivity index (χ3v) is 5.45.